The third-order valence-corrected chi connectivity index (χ3v) is 6.75. The van der Waals surface area contributed by atoms with E-state index in [1.165, 1.54) is 45.2 Å². The summed E-state index contributed by atoms with van der Waals surface area (Å²) < 4.78 is 56.3. The molecule has 0 saturated carbocycles. The highest BCUT2D eigenvalue weighted by molar-refractivity contribution is 7.89. The molecule has 2 aromatic rings. The number of hydrogen-bond donors (Lipinski definition) is 1. The van der Waals surface area contributed by atoms with E-state index in [1.807, 2.05) is 30.3 Å². The van der Waals surface area contributed by atoms with Crippen LogP contribution < -0.4 is 9.46 Å². The van der Waals surface area contributed by atoms with E-state index in [0.29, 0.717) is 5.75 Å². The maximum Gasteiger partial charge on any atom is 0.303 e. The summed E-state index contributed by atoms with van der Waals surface area (Å²) >= 11 is 0. The minimum absolute atomic E-state index is 0.00431. The van der Waals surface area contributed by atoms with Gasteiger partial charge in [0.25, 0.3) is 0 Å². The molecule has 4 atom stereocenters. The van der Waals surface area contributed by atoms with Gasteiger partial charge in [-0.3, -0.25) is 9.59 Å². The van der Waals surface area contributed by atoms with E-state index in [-0.39, 0.29) is 24.5 Å². The van der Waals surface area contributed by atoms with Crippen molar-refractivity contribution in [3.05, 3.63) is 60.2 Å². The fourth-order valence-electron chi connectivity index (χ4n) is 3.62. The van der Waals surface area contributed by atoms with Gasteiger partial charge in [0.1, 0.15) is 24.6 Å². The molecule has 1 fully saturated rings. The standard InChI is InChI=1S/C24H29NO9S/c1-16(26)31-15-22-24(33-17(2)27)21(13-23(34-22)32-14-18-7-5-4-6-8-18)25-35(28,29)20-11-9-19(30-3)10-12-20/h4-12,21-25H,13-15H2,1-3H3/t21-,22+,23-,24-/m0/s1. The molecule has 0 unspecified atom stereocenters. The summed E-state index contributed by atoms with van der Waals surface area (Å²) in [5.74, 6) is -0.690. The van der Waals surface area contributed by atoms with Crippen LogP contribution in [-0.4, -0.2) is 58.6 Å². The van der Waals surface area contributed by atoms with Crippen molar-refractivity contribution in [1.82, 2.24) is 4.72 Å². The average molecular weight is 508 g/mol. The molecule has 190 valence electrons. The van der Waals surface area contributed by atoms with Crippen LogP contribution in [0.2, 0.25) is 0 Å². The van der Waals surface area contributed by atoms with Gasteiger partial charge >= 0.3 is 11.9 Å². The number of methoxy groups -OCH3 is 1. The van der Waals surface area contributed by atoms with Gasteiger partial charge in [-0.1, -0.05) is 30.3 Å². The van der Waals surface area contributed by atoms with Gasteiger partial charge in [0.2, 0.25) is 10.0 Å². The van der Waals surface area contributed by atoms with Gasteiger partial charge in [-0.15, -0.1) is 0 Å². The zero-order valence-electron chi connectivity index (χ0n) is 19.7. The largest absolute Gasteiger partial charge is 0.497 e. The quantitative estimate of drug-likeness (QED) is 0.481. The van der Waals surface area contributed by atoms with Crippen LogP contribution in [0.4, 0.5) is 0 Å². The zero-order chi connectivity index (χ0) is 25.4. The number of nitrogens with one attached hydrogen (secondary N) is 1. The van der Waals surface area contributed by atoms with Crippen LogP contribution >= 0.6 is 0 Å². The van der Waals surface area contributed by atoms with Gasteiger partial charge in [-0.2, -0.15) is 0 Å². The molecule has 1 N–H and O–H groups in total. The highest BCUT2D eigenvalue weighted by atomic mass is 32.2. The number of ether oxygens (including phenoxy) is 5. The first-order valence-corrected chi connectivity index (χ1v) is 12.4. The average Bonchev–Trinajstić information content (AvgIpc) is 2.83. The summed E-state index contributed by atoms with van der Waals surface area (Å²) in [5, 5.41) is 0. The SMILES string of the molecule is COc1ccc(S(=O)(=O)N[C@H]2C[C@@H](OCc3ccccc3)O[C@H](COC(C)=O)[C@H]2OC(C)=O)cc1. The third-order valence-electron chi connectivity index (χ3n) is 5.24. The normalized spacial score (nSPS) is 22.3. The predicted molar refractivity (Wildman–Crippen MR) is 124 cm³/mol. The van der Waals surface area contributed by atoms with Gasteiger partial charge < -0.3 is 23.7 Å². The van der Waals surface area contributed by atoms with Crippen molar-refractivity contribution in [2.75, 3.05) is 13.7 Å². The lowest BCUT2D eigenvalue weighted by atomic mass is 9.99. The molecule has 1 heterocycles. The van der Waals surface area contributed by atoms with Crippen LogP contribution in [0.25, 0.3) is 0 Å². The molecule has 0 amide bonds. The van der Waals surface area contributed by atoms with Crippen molar-refractivity contribution < 1.29 is 41.7 Å². The molecule has 0 aromatic heterocycles. The number of hydrogen-bond acceptors (Lipinski definition) is 9. The summed E-state index contributed by atoms with van der Waals surface area (Å²) in [6, 6.07) is 14.3. The summed E-state index contributed by atoms with van der Waals surface area (Å²) in [6.07, 6.45) is -2.82. The lowest BCUT2D eigenvalue weighted by molar-refractivity contribution is -0.247. The molecule has 0 radical (unpaired) electrons. The Kier molecular flexibility index (Phi) is 9.21. The molecular weight excluding hydrogens is 478 g/mol. The fraction of sp³-hybridized carbons (Fsp3) is 0.417. The molecule has 3 rings (SSSR count). The van der Waals surface area contributed by atoms with E-state index < -0.39 is 46.5 Å². The minimum atomic E-state index is -4.01. The maximum atomic E-state index is 13.1. The Morgan fingerprint density at radius 2 is 1.71 bits per heavy atom. The Bertz CT molecular complexity index is 1090. The second kappa shape index (κ2) is 12.1. The second-order valence-electron chi connectivity index (χ2n) is 7.92. The highest BCUT2D eigenvalue weighted by Crippen LogP contribution is 2.27. The van der Waals surface area contributed by atoms with Crippen LogP contribution in [0.1, 0.15) is 25.8 Å². The molecule has 2 aromatic carbocycles. The van der Waals surface area contributed by atoms with E-state index in [4.69, 9.17) is 23.7 Å². The first-order chi connectivity index (χ1) is 16.7. The molecule has 10 nitrogen and oxygen atoms in total. The van der Waals surface area contributed by atoms with Crippen molar-refractivity contribution in [3.8, 4) is 5.75 Å². The van der Waals surface area contributed by atoms with Crippen molar-refractivity contribution in [2.24, 2.45) is 0 Å². The molecule has 0 aliphatic carbocycles. The Morgan fingerprint density at radius 1 is 1.03 bits per heavy atom. The zero-order valence-corrected chi connectivity index (χ0v) is 20.5. The second-order valence-corrected chi connectivity index (χ2v) is 9.63. The summed E-state index contributed by atoms with van der Waals surface area (Å²) in [6.45, 7) is 2.40. The lowest BCUT2D eigenvalue weighted by Crippen LogP contribution is -2.58. The first-order valence-electron chi connectivity index (χ1n) is 11.0. The molecule has 1 aliphatic heterocycles. The number of carbonyl (C=O) groups excluding carboxylic acids is 2. The molecule has 35 heavy (non-hydrogen) atoms. The van der Waals surface area contributed by atoms with Gasteiger partial charge in [-0.25, -0.2) is 13.1 Å². The van der Waals surface area contributed by atoms with E-state index in [0.717, 1.165) is 5.56 Å². The summed E-state index contributed by atoms with van der Waals surface area (Å²) in [5.41, 5.74) is 0.894. The number of carbonyl (C=O) groups is 2. The van der Waals surface area contributed by atoms with E-state index >= 15 is 0 Å². The Balaban J connectivity index is 1.84. The number of sulfonamides is 1. The van der Waals surface area contributed by atoms with Crippen LogP contribution in [0.15, 0.2) is 59.5 Å². The molecule has 0 bridgehead atoms. The maximum absolute atomic E-state index is 13.1. The molecule has 1 saturated heterocycles. The van der Waals surface area contributed by atoms with Crippen molar-refractivity contribution in [3.63, 3.8) is 0 Å². The lowest BCUT2D eigenvalue weighted by Gasteiger charge is -2.40. The van der Waals surface area contributed by atoms with E-state index in [1.54, 1.807) is 0 Å². The van der Waals surface area contributed by atoms with Crippen LogP contribution in [0, 0.1) is 0 Å². The fourth-order valence-corrected chi connectivity index (χ4v) is 4.88. The first kappa shape index (κ1) is 26.6. The van der Waals surface area contributed by atoms with Crippen molar-refractivity contribution in [2.45, 2.75) is 56.3 Å². The van der Waals surface area contributed by atoms with Gasteiger partial charge in [-0.05, 0) is 29.8 Å². The van der Waals surface area contributed by atoms with E-state index in [9.17, 15) is 18.0 Å². The van der Waals surface area contributed by atoms with Crippen molar-refractivity contribution in [1.29, 1.82) is 0 Å². The molecule has 1 aliphatic rings. The Labute approximate surface area is 204 Å². The number of rotatable bonds is 10. The van der Waals surface area contributed by atoms with Crippen molar-refractivity contribution >= 4 is 22.0 Å². The Hall–Kier alpha value is -2.99. The minimum Gasteiger partial charge on any atom is -0.497 e. The number of esters is 2. The van der Waals surface area contributed by atoms with Gasteiger partial charge in [0.15, 0.2) is 6.29 Å². The number of benzene rings is 2. The smallest absolute Gasteiger partial charge is 0.303 e. The summed E-state index contributed by atoms with van der Waals surface area (Å²) in [4.78, 5) is 23.3. The van der Waals surface area contributed by atoms with Crippen LogP contribution in [0.5, 0.6) is 5.75 Å². The van der Waals surface area contributed by atoms with Crippen LogP contribution in [-0.2, 0) is 45.2 Å². The Morgan fingerprint density at radius 3 is 2.31 bits per heavy atom. The topological polar surface area (TPSA) is 126 Å². The highest BCUT2D eigenvalue weighted by Gasteiger charge is 2.44. The molecule has 0 spiro atoms. The third kappa shape index (κ3) is 7.76. The van der Waals surface area contributed by atoms with Crippen LogP contribution in [0.3, 0.4) is 0 Å². The van der Waals surface area contributed by atoms with E-state index in [2.05, 4.69) is 4.72 Å². The monoisotopic (exact) mass is 507 g/mol. The predicted octanol–water partition coefficient (Wildman–Crippen LogP) is 2.17. The molecule has 11 heteroatoms. The van der Waals surface area contributed by atoms with Gasteiger partial charge in [0, 0.05) is 20.3 Å². The summed E-state index contributed by atoms with van der Waals surface area (Å²) in [7, 11) is -2.54. The molecular formula is C24H29NO9S. The van der Waals surface area contributed by atoms with Gasteiger partial charge in [0.05, 0.1) is 24.7 Å².